The third-order valence-electron chi connectivity index (χ3n) is 2.18. The van der Waals surface area contributed by atoms with Gasteiger partial charge in [-0.3, -0.25) is 0 Å². The van der Waals surface area contributed by atoms with E-state index >= 15 is 0 Å². The molecule has 1 rings (SSSR count). The molecule has 4 heteroatoms. The van der Waals surface area contributed by atoms with Crippen LogP contribution >= 0.6 is 0 Å². The van der Waals surface area contributed by atoms with Crippen LogP contribution in [0.25, 0.3) is 0 Å². The summed E-state index contributed by atoms with van der Waals surface area (Å²) in [5.74, 6) is 0. The summed E-state index contributed by atoms with van der Waals surface area (Å²) in [6.45, 7) is 8.48. The van der Waals surface area contributed by atoms with Gasteiger partial charge in [0.25, 0.3) is 0 Å². The molecule has 1 aromatic rings. The fourth-order valence-corrected chi connectivity index (χ4v) is 1.36. The molecule has 0 aromatic heterocycles. The number of carbonyl (C=O) groups is 1. The van der Waals surface area contributed by atoms with Crippen molar-refractivity contribution in [1.29, 1.82) is 0 Å². The minimum atomic E-state index is -0.390. The lowest BCUT2D eigenvalue weighted by Gasteiger charge is -2.10. The topological polar surface area (TPSA) is 50.4 Å². The Kier molecular flexibility index (Phi) is 5.77. The van der Waals surface area contributed by atoms with E-state index in [1.807, 2.05) is 38.1 Å². The van der Waals surface area contributed by atoms with Gasteiger partial charge in [0.1, 0.15) is 0 Å². The van der Waals surface area contributed by atoms with E-state index in [9.17, 15) is 4.79 Å². The van der Waals surface area contributed by atoms with Gasteiger partial charge in [0.05, 0.1) is 6.10 Å². The molecule has 0 aliphatic rings. The van der Waals surface area contributed by atoms with Crippen molar-refractivity contribution in [2.24, 2.45) is 0 Å². The van der Waals surface area contributed by atoms with Gasteiger partial charge in [-0.25, -0.2) is 4.79 Å². The van der Waals surface area contributed by atoms with Crippen molar-refractivity contribution in [2.75, 3.05) is 11.9 Å². The van der Waals surface area contributed by atoms with Crippen LogP contribution in [0.5, 0.6) is 0 Å². The molecule has 1 aromatic carbocycles. The summed E-state index contributed by atoms with van der Waals surface area (Å²) in [7, 11) is 0. The summed E-state index contributed by atoms with van der Waals surface area (Å²) in [4.78, 5) is 11.3. The number of ether oxygens (including phenoxy) is 1. The van der Waals surface area contributed by atoms with Gasteiger partial charge in [-0.2, -0.15) is 0 Å². The zero-order valence-corrected chi connectivity index (χ0v) is 10.9. The quantitative estimate of drug-likeness (QED) is 0.761. The first kappa shape index (κ1) is 14.1. The zero-order valence-electron chi connectivity index (χ0n) is 10.9. The molecule has 0 unspecified atom stereocenters. The number of hydrogen-bond donors (Lipinski definition) is 2. The Bertz CT molecular complexity index is 385. The summed E-state index contributed by atoms with van der Waals surface area (Å²) in [5.41, 5.74) is 2.06. The second kappa shape index (κ2) is 7.37. The summed E-state index contributed by atoms with van der Waals surface area (Å²) in [6.07, 6.45) is 1.31. The van der Waals surface area contributed by atoms with Crippen LogP contribution in [0.3, 0.4) is 0 Å². The number of alkyl carbamates (subject to hydrolysis) is 1. The summed E-state index contributed by atoms with van der Waals surface area (Å²) in [6, 6.07) is 7.85. The first-order valence-electron chi connectivity index (χ1n) is 6.00. The maximum atomic E-state index is 11.3. The Balaban J connectivity index is 2.39. The van der Waals surface area contributed by atoms with Crippen LogP contribution in [0.2, 0.25) is 0 Å². The van der Waals surface area contributed by atoms with Crippen molar-refractivity contribution in [3.8, 4) is 0 Å². The van der Waals surface area contributed by atoms with Gasteiger partial charge in [0.2, 0.25) is 0 Å². The zero-order chi connectivity index (χ0) is 13.4. The van der Waals surface area contributed by atoms with Crippen LogP contribution in [-0.2, 0) is 11.3 Å². The smallest absolute Gasteiger partial charge is 0.407 e. The van der Waals surface area contributed by atoms with E-state index < -0.39 is 0 Å². The standard InChI is InChI=1S/C14H20N2O2/c1-4-9-15-13-7-5-12(6-8-13)10-16-14(17)18-11(2)3/h4-8,11,15H,1,9-10H2,2-3H3,(H,16,17). The fraction of sp³-hybridized carbons (Fsp3) is 0.357. The van der Waals surface area contributed by atoms with E-state index in [0.29, 0.717) is 6.54 Å². The van der Waals surface area contributed by atoms with E-state index in [0.717, 1.165) is 17.8 Å². The molecule has 0 atom stereocenters. The van der Waals surface area contributed by atoms with E-state index in [1.165, 1.54) is 0 Å². The molecule has 0 aliphatic heterocycles. The number of anilines is 1. The number of amides is 1. The molecule has 0 saturated heterocycles. The first-order chi connectivity index (χ1) is 8.61. The number of benzene rings is 1. The molecule has 0 spiro atoms. The summed E-state index contributed by atoms with van der Waals surface area (Å²) in [5, 5.41) is 5.88. The first-order valence-corrected chi connectivity index (χ1v) is 6.00. The summed E-state index contributed by atoms with van der Waals surface area (Å²) < 4.78 is 4.98. The van der Waals surface area contributed by atoms with Crippen LogP contribution < -0.4 is 10.6 Å². The highest BCUT2D eigenvalue weighted by molar-refractivity contribution is 5.67. The Labute approximate surface area is 108 Å². The van der Waals surface area contributed by atoms with Crippen molar-refractivity contribution in [3.63, 3.8) is 0 Å². The Hall–Kier alpha value is -1.97. The van der Waals surface area contributed by atoms with Gasteiger partial charge in [-0.15, -0.1) is 6.58 Å². The monoisotopic (exact) mass is 248 g/mol. The maximum Gasteiger partial charge on any atom is 0.407 e. The molecule has 18 heavy (non-hydrogen) atoms. The SMILES string of the molecule is C=CCNc1ccc(CNC(=O)OC(C)C)cc1. The second-order valence-corrected chi connectivity index (χ2v) is 4.17. The second-order valence-electron chi connectivity index (χ2n) is 4.17. The summed E-state index contributed by atoms with van der Waals surface area (Å²) >= 11 is 0. The minimum Gasteiger partial charge on any atom is -0.447 e. The van der Waals surface area contributed by atoms with Crippen molar-refractivity contribution in [2.45, 2.75) is 26.5 Å². The molecule has 4 nitrogen and oxygen atoms in total. The molecule has 98 valence electrons. The molecule has 0 bridgehead atoms. The number of rotatable bonds is 6. The molecule has 0 aliphatic carbocycles. The lowest BCUT2D eigenvalue weighted by atomic mass is 10.2. The minimum absolute atomic E-state index is 0.101. The lowest BCUT2D eigenvalue weighted by Crippen LogP contribution is -2.26. The Morgan fingerprint density at radius 1 is 1.39 bits per heavy atom. The lowest BCUT2D eigenvalue weighted by molar-refractivity contribution is 0.115. The predicted molar refractivity (Wildman–Crippen MR) is 73.6 cm³/mol. The molecular weight excluding hydrogens is 228 g/mol. The van der Waals surface area contributed by atoms with E-state index in [-0.39, 0.29) is 12.2 Å². The molecule has 0 radical (unpaired) electrons. The fourth-order valence-electron chi connectivity index (χ4n) is 1.36. The third kappa shape index (κ3) is 5.39. The highest BCUT2D eigenvalue weighted by atomic mass is 16.6. The van der Waals surface area contributed by atoms with Crippen LogP contribution in [0.4, 0.5) is 10.5 Å². The normalized spacial score (nSPS) is 9.94. The largest absolute Gasteiger partial charge is 0.447 e. The van der Waals surface area contributed by atoms with Gasteiger partial charge in [-0.1, -0.05) is 18.2 Å². The molecule has 0 fully saturated rings. The average molecular weight is 248 g/mol. The predicted octanol–water partition coefficient (Wildman–Crippen LogP) is 2.92. The van der Waals surface area contributed by atoms with Crippen LogP contribution in [-0.4, -0.2) is 18.7 Å². The molecule has 0 saturated carbocycles. The molecule has 0 heterocycles. The number of carbonyl (C=O) groups excluding carboxylic acids is 1. The molecular formula is C14H20N2O2. The molecule has 1 amide bonds. The van der Waals surface area contributed by atoms with Crippen LogP contribution in [0, 0.1) is 0 Å². The van der Waals surface area contributed by atoms with Crippen molar-refractivity contribution in [1.82, 2.24) is 5.32 Å². The Morgan fingerprint density at radius 2 is 2.06 bits per heavy atom. The third-order valence-corrected chi connectivity index (χ3v) is 2.18. The number of hydrogen-bond acceptors (Lipinski definition) is 3. The van der Waals surface area contributed by atoms with Gasteiger partial charge in [0, 0.05) is 18.8 Å². The van der Waals surface area contributed by atoms with Crippen LogP contribution in [0.15, 0.2) is 36.9 Å². The van der Waals surface area contributed by atoms with Crippen molar-refractivity contribution >= 4 is 11.8 Å². The highest BCUT2D eigenvalue weighted by Crippen LogP contribution is 2.09. The average Bonchev–Trinajstić information content (AvgIpc) is 2.34. The Morgan fingerprint density at radius 3 is 2.61 bits per heavy atom. The molecule has 2 N–H and O–H groups in total. The van der Waals surface area contributed by atoms with Crippen LogP contribution in [0.1, 0.15) is 19.4 Å². The van der Waals surface area contributed by atoms with E-state index in [2.05, 4.69) is 17.2 Å². The van der Waals surface area contributed by atoms with E-state index in [1.54, 1.807) is 6.08 Å². The number of nitrogens with one attached hydrogen (secondary N) is 2. The maximum absolute atomic E-state index is 11.3. The van der Waals surface area contributed by atoms with Gasteiger partial charge in [-0.05, 0) is 31.5 Å². The van der Waals surface area contributed by atoms with Gasteiger partial charge in [0.15, 0.2) is 0 Å². The van der Waals surface area contributed by atoms with Crippen molar-refractivity contribution in [3.05, 3.63) is 42.5 Å². The van der Waals surface area contributed by atoms with E-state index in [4.69, 9.17) is 4.74 Å². The highest BCUT2D eigenvalue weighted by Gasteiger charge is 2.03. The van der Waals surface area contributed by atoms with Crippen molar-refractivity contribution < 1.29 is 9.53 Å². The van der Waals surface area contributed by atoms with Gasteiger partial charge >= 0.3 is 6.09 Å². The van der Waals surface area contributed by atoms with Gasteiger partial charge < -0.3 is 15.4 Å².